The molecule has 0 fully saturated rings. The number of hydrogen-bond acceptors (Lipinski definition) is 0. The molecule has 1 rings (SSSR count). The van der Waals surface area contributed by atoms with Crippen molar-refractivity contribution in [3.05, 3.63) is 34.9 Å². The number of unbranched alkanes of at least 4 members (excludes halogenated alkanes) is 3. The molecular weight excluding hydrogens is 228 g/mol. The molecule has 0 heterocycles. The van der Waals surface area contributed by atoms with Crippen LogP contribution in [0.5, 0.6) is 0 Å². The van der Waals surface area contributed by atoms with Crippen molar-refractivity contribution in [2.75, 3.05) is 0 Å². The minimum atomic E-state index is 0. The Labute approximate surface area is 122 Å². The van der Waals surface area contributed by atoms with Crippen LogP contribution in [0.2, 0.25) is 0 Å². The monoisotopic (exact) mass is 264 g/mol. The maximum atomic E-state index is 2.33. The molecule has 0 N–H and O–H groups in total. The number of benzene rings is 1. The van der Waals surface area contributed by atoms with Crippen molar-refractivity contribution in [3.8, 4) is 0 Å². The van der Waals surface area contributed by atoms with Crippen molar-refractivity contribution < 1.29 is 0 Å². The first kappa shape index (κ1) is 20.5. The van der Waals surface area contributed by atoms with Gasteiger partial charge in [-0.15, -0.1) is 0 Å². The smallest absolute Gasteiger partial charge is 0.0219 e. The molecule has 0 saturated carbocycles. The highest BCUT2D eigenvalue weighted by atomic mass is 14.1. The lowest BCUT2D eigenvalue weighted by Crippen LogP contribution is -1.92. The number of rotatable bonds is 5. The van der Waals surface area contributed by atoms with Gasteiger partial charge in [0.2, 0.25) is 0 Å². The zero-order chi connectivity index (χ0) is 14.0. The van der Waals surface area contributed by atoms with E-state index in [0.29, 0.717) is 5.92 Å². The Hall–Kier alpha value is -0.780. The Morgan fingerprint density at radius 1 is 0.947 bits per heavy atom. The first-order valence-electron chi connectivity index (χ1n) is 7.66. The highest BCUT2D eigenvalue weighted by molar-refractivity contribution is 5.32. The van der Waals surface area contributed by atoms with Crippen molar-refractivity contribution >= 4 is 0 Å². The standard InChI is InChI=1S/C12H18.C6H14.CH4/c1-5-11-8-12(9(2)3)7-6-10(11)4;1-3-5-6-4-2;/h6-9H,5H2,1-4H3;3-6H2,1-2H3;1H4. The summed E-state index contributed by atoms with van der Waals surface area (Å²) < 4.78 is 0. The molecule has 0 aliphatic carbocycles. The van der Waals surface area contributed by atoms with Crippen molar-refractivity contribution in [1.82, 2.24) is 0 Å². The van der Waals surface area contributed by atoms with Gasteiger partial charge < -0.3 is 0 Å². The zero-order valence-corrected chi connectivity index (χ0v) is 13.3. The first-order chi connectivity index (χ1) is 8.56. The quantitative estimate of drug-likeness (QED) is 0.507. The lowest BCUT2D eigenvalue weighted by molar-refractivity contribution is 0.702. The molecule has 0 radical (unpaired) electrons. The molecule has 0 heteroatoms. The van der Waals surface area contributed by atoms with Crippen LogP contribution < -0.4 is 0 Å². The van der Waals surface area contributed by atoms with Gasteiger partial charge in [-0.3, -0.25) is 0 Å². The van der Waals surface area contributed by atoms with E-state index >= 15 is 0 Å². The summed E-state index contributed by atoms with van der Waals surface area (Å²) in [7, 11) is 0. The Morgan fingerprint density at radius 2 is 1.47 bits per heavy atom. The van der Waals surface area contributed by atoms with Gasteiger partial charge in [-0.25, -0.2) is 0 Å². The summed E-state index contributed by atoms with van der Waals surface area (Å²) in [4.78, 5) is 0. The molecule has 19 heavy (non-hydrogen) atoms. The van der Waals surface area contributed by atoms with Crippen molar-refractivity contribution in [1.29, 1.82) is 0 Å². The van der Waals surface area contributed by atoms with Gasteiger partial charge in [0.05, 0.1) is 0 Å². The Morgan fingerprint density at radius 3 is 1.84 bits per heavy atom. The topological polar surface area (TPSA) is 0 Å². The summed E-state index contributed by atoms with van der Waals surface area (Å²) in [5, 5.41) is 0. The second kappa shape index (κ2) is 12.3. The van der Waals surface area contributed by atoms with Gasteiger partial charge in [0.15, 0.2) is 0 Å². The SMILES string of the molecule is C.CCCCCC.CCc1cc(C(C)C)ccc1C. The maximum Gasteiger partial charge on any atom is -0.0219 e. The molecule has 0 nitrogen and oxygen atoms in total. The maximum absolute atomic E-state index is 2.33. The summed E-state index contributed by atoms with van der Waals surface area (Å²) in [6.45, 7) is 13.3. The van der Waals surface area contributed by atoms with E-state index in [2.05, 4.69) is 59.7 Å². The fourth-order valence-corrected chi connectivity index (χ4v) is 1.93. The molecule has 0 amide bonds. The number of hydrogen-bond donors (Lipinski definition) is 0. The summed E-state index contributed by atoms with van der Waals surface area (Å²) >= 11 is 0. The third kappa shape index (κ3) is 8.86. The van der Waals surface area contributed by atoms with Gasteiger partial charge in [0.1, 0.15) is 0 Å². The Balaban J connectivity index is 0. The highest BCUT2D eigenvalue weighted by Crippen LogP contribution is 2.18. The van der Waals surface area contributed by atoms with Crippen molar-refractivity contribution in [2.45, 2.75) is 87.0 Å². The van der Waals surface area contributed by atoms with Crippen LogP contribution >= 0.6 is 0 Å². The van der Waals surface area contributed by atoms with Crippen LogP contribution in [0, 0.1) is 6.92 Å². The predicted octanol–water partition coefficient (Wildman–Crippen LogP) is 6.90. The van der Waals surface area contributed by atoms with Gasteiger partial charge in [-0.2, -0.15) is 0 Å². The highest BCUT2D eigenvalue weighted by Gasteiger charge is 2.01. The third-order valence-electron chi connectivity index (χ3n) is 3.38. The fourth-order valence-electron chi connectivity index (χ4n) is 1.93. The van der Waals surface area contributed by atoms with Crippen LogP contribution in [0.4, 0.5) is 0 Å². The van der Waals surface area contributed by atoms with E-state index in [1.54, 1.807) is 0 Å². The van der Waals surface area contributed by atoms with Crippen molar-refractivity contribution in [2.24, 2.45) is 0 Å². The zero-order valence-electron chi connectivity index (χ0n) is 13.3. The van der Waals surface area contributed by atoms with Crippen LogP contribution in [-0.2, 0) is 6.42 Å². The van der Waals surface area contributed by atoms with Crippen LogP contribution in [0.25, 0.3) is 0 Å². The van der Waals surface area contributed by atoms with Crippen LogP contribution in [0.1, 0.15) is 90.3 Å². The second-order valence-electron chi connectivity index (χ2n) is 5.40. The van der Waals surface area contributed by atoms with Gasteiger partial charge >= 0.3 is 0 Å². The van der Waals surface area contributed by atoms with E-state index in [4.69, 9.17) is 0 Å². The largest absolute Gasteiger partial charge is 0.0776 e. The Bertz CT molecular complexity index is 306. The third-order valence-corrected chi connectivity index (χ3v) is 3.38. The molecule has 0 unspecified atom stereocenters. The molecule has 0 aliphatic rings. The minimum Gasteiger partial charge on any atom is -0.0776 e. The molecule has 0 aliphatic heterocycles. The van der Waals surface area contributed by atoms with E-state index in [1.165, 1.54) is 42.4 Å². The molecule has 0 bridgehead atoms. The van der Waals surface area contributed by atoms with Gasteiger partial charge in [-0.05, 0) is 36.0 Å². The van der Waals surface area contributed by atoms with Crippen LogP contribution in [0.3, 0.4) is 0 Å². The fraction of sp³-hybridized carbons (Fsp3) is 0.684. The summed E-state index contributed by atoms with van der Waals surface area (Å²) in [5.74, 6) is 0.649. The summed E-state index contributed by atoms with van der Waals surface area (Å²) in [6.07, 6.45) is 6.68. The van der Waals surface area contributed by atoms with E-state index in [0.717, 1.165) is 6.42 Å². The average molecular weight is 264 g/mol. The number of aryl methyl sites for hydroxylation is 2. The summed E-state index contributed by atoms with van der Waals surface area (Å²) in [6, 6.07) is 6.80. The molecule has 0 spiro atoms. The van der Waals surface area contributed by atoms with Gasteiger partial charge in [-0.1, -0.05) is 85.9 Å². The normalized spacial score (nSPS) is 9.63. The van der Waals surface area contributed by atoms with E-state index in [9.17, 15) is 0 Å². The van der Waals surface area contributed by atoms with E-state index in [-0.39, 0.29) is 7.43 Å². The molecule has 0 aromatic heterocycles. The Kier molecular flexibility index (Phi) is 13.3. The lowest BCUT2D eigenvalue weighted by Gasteiger charge is -2.09. The first-order valence-corrected chi connectivity index (χ1v) is 7.66. The minimum absolute atomic E-state index is 0. The molecule has 0 atom stereocenters. The van der Waals surface area contributed by atoms with E-state index in [1.807, 2.05) is 0 Å². The van der Waals surface area contributed by atoms with Crippen LogP contribution in [-0.4, -0.2) is 0 Å². The molecule has 1 aromatic rings. The molecule has 1 aromatic carbocycles. The molecular formula is C19H36. The van der Waals surface area contributed by atoms with Gasteiger partial charge in [0.25, 0.3) is 0 Å². The molecule has 0 saturated heterocycles. The predicted molar refractivity (Wildman–Crippen MR) is 91.2 cm³/mol. The lowest BCUT2D eigenvalue weighted by atomic mass is 9.97. The average Bonchev–Trinajstić information content (AvgIpc) is 2.37. The summed E-state index contributed by atoms with van der Waals surface area (Å²) in [5.41, 5.74) is 4.36. The van der Waals surface area contributed by atoms with Crippen molar-refractivity contribution in [3.63, 3.8) is 0 Å². The van der Waals surface area contributed by atoms with Gasteiger partial charge in [0, 0.05) is 0 Å². The molecule has 112 valence electrons. The van der Waals surface area contributed by atoms with Crippen LogP contribution in [0.15, 0.2) is 18.2 Å². The second-order valence-corrected chi connectivity index (χ2v) is 5.40. The van der Waals surface area contributed by atoms with E-state index < -0.39 is 0 Å².